The van der Waals surface area contributed by atoms with Crippen LogP contribution in [0.2, 0.25) is 0 Å². The highest BCUT2D eigenvalue weighted by atomic mass is 19.1. The van der Waals surface area contributed by atoms with Gasteiger partial charge in [-0.25, -0.2) is 4.39 Å². The third kappa shape index (κ3) is 4.81. The summed E-state index contributed by atoms with van der Waals surface area (Å²) in [5.74, 6) is 0.829. The molecule has 1 atom stereocenters. The number of halogens is 1. The number of rotatable bonds is 8. The lowest BCUT2D eigenvalue weighted by Crippen LogP contribution is -2.07. The molecule has 0 aromatic heterocycles. The highest BCUT2D eigenvalue weighted by molar-refractivity contribution is 5.28. The third-order valence-corrected chi connectivity index (χ3v) is 3.72. The quantitative estimate of drug-likeness (QED) is 0.514. The SMILES string of the molecule is C=CCCC(CCC)Cc1cccc(C(C)C)c1F. The molecule has 0 saturated heterocycles. The Hall–Kier alpha value is -1.11. The molecular formula is C18H27F. The minimum atomic E-state index is 0.0113. The summed E-state index contributed by atoms with van der Waals surface area (Å²) in [6.07, 6.45) is 7.28. The van der Waals surface area contributed by atoms with E-state index < -0.39 is 0 Å². The van der Waals surface area contributed by atoms with Crippen LogP contribution in [-0.2, 0) is 6.42 Å². The van der Waals surface area contributed by atoms with Crippen LogP contribution in [0, 0.1) is 11.7 Å². The Morgan fingerprint density at radius 3 is 2.58 bits per heavy atom. The zero-order chi connectivity index (χ0) is 14.3. The smallest absolute Gasteiger partial charge is 0.129 e. The highest BCUT2D eigenvalue weighted by Crippen LogP contribution is 2.26. The van der Waals surface area contributed by atoms with Crippen LogP contribution in [0.1, 0.15) is 63.5 Å². The topological polar surface area (TPSA) is 0 Å². The highest BCUT2D eigenvalue weighted by Gasteiger charge is 2.15. The van der Waals surface area contributed by atoms with Crippen molar-refractivity contribution in [1.82, 2.24) is 0 Å². The molecule has 1 rings (SSSR count). The summed E-state index contributed by atoms with van der Waals surface area (Å²) in [5.41, 5.74) is 1.73. The second kappa shape index (κ2) is 8.14. The molecule has 0 bridgehead atoms. The molecule has 0 aliphatic heterocycles. The first kappa shape index (κ1) is 15.9. The number of benzene rings is 1. The number of hydrogen-bond donors (Lipinski definition) is 0. The van der Waals surface area contributed by atoms with Gasteiger partial charge >= 0.3 is 0 Å². The molecule has 0 heterocycles. The molecule has 0 fully saturated rings. The van der Waals surface area contributed by atoms with Crippen LogP contribution < -0.4 is 0 Å². The lowest BCUT2D eigenvalue weighted by Gasteiger charge is -2.17. The van der Waals surface area contributed by atoms with Crippen molar-refractivity contribution < 1.29 is 4.39 Å². The van der Waals surface area contributed by atoms with Gasteiger partial charge in [0.2, 0.25) is 0 Å². The zero-order valence-electron chi connectivity index (χ0n) is 12.6. The van der Waals surface area contributed by atoms with Crippen LogP contribution in [0.3, 0.4) is 0 Å². The van der Waals surface area contributed by atoms with Gasteiger partial charge in [-0.1, -0.05) is 57.9 Å². The van der Waals surface area contributed by atoms with Crippen molar-refractivity contribution in [3.8, 4) is 0 Å². The molecule has 0 nitrogen and oxygen atoms in total. The average Bonchev–Trinajstić information content (AvgIpc) is 2.38. The maximum absolute atomic E-state index is 14.4. The normalized spacial score (nSPS) is 12.7. The summed E-state index contributed by atoms with van der Waals surface area (Å²) in [5, 5.41) is 0. The molecule has 19 heavy (non-hydrogen) atoms. The van der Waals surface area contributed by atoms with Crippen LogP contribution in [0.25, 0.3) is 0 Å². The summed E-state index contributed by atoms with van der Waals surface area (Å²) in [7, 11) is 0. The third-order valence-electron chi connectivity index (χ3n) is 3.72. The van der Waals surface area contributed by atoms with E-state index in [0.29, 0.717) is 5.92 Å². The van der Waals surface area contributed by atoms with Crippen LogP contribution in [0.15, 0.2) is 30.9 Å². The molecule has 0 amide bonds. The molecule has 1 aromatic carbocycles. The van der Waals surface area contributed by atoms with Gasteiger partial charge in [-0.2, -0.15) is 0 Å². The first-order chi connectivity index (χ1) is 9.10. The maximum atomic E-state index is 14.4. The minimum absolute atomic E-state index is 0.0113. The molecule has 0 saturated carbocycles. The van der Waals surface area contributed by atoms with Gasteiger partial charge in [0.1, 0.15) is 5.82 Å². The summed E-state index contributed by atoms with van der Waals surface area (Å²) in [6.45, 7) is 10.1. The predicted molar refractivity (Wildman–Crippen MR) is 82.0 cm³/mol. The fourth-order valence-electron chi connectivity index (χ4n) is 2.62. The number of hydrogen-bond acceptors (Lipinski definition) is 0. The molecule has 1 aromatic rings. The van der Waals surface area contributed by atoms with Gasteiger partial charge in [-0.05, 0) is 42.2 Å². The Morgan fingerprint density at radius 2 is 2.00 bits per heavy atom. The molecule has 0 spiro atoms. The molecule has 0 aliphatic carbocycles. The first-order valence-corrected chi connectivity index (χ1v) is 7.48. The number of allylic oxidation sites excluding steroid dienone is 1. The fourth-order valence-corrected chi connectivity index (χ4v) is 2.62. The van der Waals surface area contributed by atoms with Gasteiger partial charge in [0.15, 0.2) is 0 Å². The molecule has 0 aliphatic rings. The van der Waals surface area contributed by atoms with E-state index in [2.05, 4.69) is 13.5 Å². The largest absolute Gasteiger partial charge is 0.206 e. The van der Waals surface area contributed by atoms with Crippen LogP contribution in [0.5, 0.6) is 0 Å². The standard InChI is InChI=1S/C18H27F/c1-5-7-10-15(9-6-2)13-16-11-8-12-17(14(3)4)18(16)19/h5,8,11-12,14-15H,1,6-7,9-10,13H2,2-4H3. The summed E-state index contributed by atoms with van der Waals surface area (Å²) < 4.78 is 14.4. The van der Waals surface area contributed by atoms with E-state index in [9.17, 15) is 4.39 Å². The van der Waals surface area contributed by atoms with Crippen LogP contribution in [-0.4, -0.2) is 0 Å². The monoisotopic (exact) mass is 262 g/mol. The van der Waals surface area contributed by atoms with E-state index in [4.69, 9.17) is 0 Å². The van der Waals surface area contributed by atoms with E-state index in [1.807, 2.05) is 38.1 Å². The Balaban J connectivity index is 2.83. The Labute approximate surface area is 117 Å². The van der Waals surface area contributed by atoms with Gasteiger partial charge < -0.3 is 0 Å². The van der Waals surface area contributed by atoms with E-state index in [1.165, 1.54) is 6.42 Å². The molecule has 0 radical (unpaired) electrons. The van der Waals surface area contributed by atoms with Crippen LogP contribution in [0.4, 0.5) is 4.39 Å². The van der Waals surface area contributed by atoms with E-state index in [-0.39, 0.29) is 11.7 Å². The second-order valence-electron chi connectivity index (χ2n) is 5.70. The average molecular weight is 262 g/mol. The van der Waals surface area contributed by atoms with Crippen LogP contribution >= 0.6 is 0 Å². The van der Waals surface area contributed by atoms with Gasteiger partial charge in [-0.3, -0.25) is 0 Å². The molecule has 106 valence electrons. The van der Waals surface area contributed by atoms with Crippen molar-refractivity contribution in [3.63, 3.8) is 0 Å². The Bertz CT molecular complexity index is 393. The molecular weight excluding hydrogens is 235 g/mol. The second-order valence-corrected chi connectivity index (χ2v) is 5.70. The van der Waals surface area contributed by atoms with Gasteiger partial charge in [0.05, 0.1) is 0 Å². The molecule has 1 unspecified atom stereocenters. The van der Waals surface area contributed by atoms with Crippen molar-refractivity contribution in [1.29, 1.82) is 0 Å². The Morgan fingerprint density at radius 1 is 1.26 bits per heavy atom. The summed E-state index contributed by atoms with van der Waals surface area (Å²) in [6, 6.07) is 5.84. The van der Waals surface area contributed by atoms with E-state index in [1.54, 1.807) is 0 Å². The minimum Gasteiger partial charge on any atom is -0.206 e. The van der Waals surface area contributed by atoms with Crippen molar-refractivity contribution in [2.24, 2.45) is 5.92 Å². The zero-order valence-corrected chi connectivity index (χ0v) is 12.6. The molecule has 0 N–H and O–H groups in total. The summed E-state index contributed by atoms with van der Waals surface area (Å²) in [4.78, 5) is 0. The maximum Gasteiger partial charge on any atom is 0.129 e. The van der Waals surface area contributed by atoms with Crippen molar-refractivity contribution in [3.05, 3.63) is 47.8 Å². The van der Waals surface area contributed by atoms with Gasteiger partial charge in [0, 0.05) is 0 Å². The lowest BCUT2D eigenvalue weighted by molar-refractivity contribution is 0.436. The Kier molecular flexibility index (Phi) is 6.83. The predicted octanol–water partition coefficient (Wildman–Crippen LogP) is 5.87. The van der Waals surface area contributed by atoms with Crippen molar-refractivity contribution in [2.75, 3.05) is 0 Å². The van der Waals surface area contributed by atoms with Gasteiger partial charge in [-0.15, -0.1) is 6.58 Å². The first-order valence-electron chi connectivity index (χ1n) is 7.48. The lowest BCUT2D eigenvalue weighted by atomic mass is 9.89. The van der Waals surface area contributed by atoms with Gasteiger partial charge in [0.25, 0.3) is 0 Å². The van der Waals surface area contributed by atoms with Crippen molar-refractivity contribution >= 4 is 0 Å². The molecule has 1 heteroatoms. The van der Waals surface area contributed by atoms with E-state index >= 15 is 0 Å². The van der Waals surface area contributed by atoms with Crippen molar-refractivity contribution in [2.45, 2.75) is 58.8 Å². The fraction of sp³-hybridized carbons (Fsp3) is 0.556. The summed E-state index contributed by atoms with van der Waals surface area (Å²) >= 11 is 0. The van der Waals surface area contributed by atoms with E-state index in [0.717, 1.165) is 36.8 Å².